The molecule has 90 valence electrons. The maximum atomic E-state index is 11.6. The topological polar surface area (TPSA) is 52.3 Å². The van der Waals surface area contributed by atoms with Gasteiger partial charge in [-0.1, -0.05) is 18.2 Å². The van der Waals surface area contributed by atoms with E-state index in [0.717, 1.165) is 12.2 Å². The van der Waals surface area contributed by atoms with Crippen molar-refractivity contribution in [2.24, 2.45) is 5.73 Å². The van der Waals surface area contributed by atoms with Crippen molar-refractivity contribution >= 4 is 10.8 Å². The fourth-order valence-electron chi connectivity index (χ4n) is 1.22. The minimum absolute atomic E-state index is 0.0803. The molecule has 2 unspecified atom stereocenters. The Kier molecular flexibility index (Phi) is 6.11. The van der Waals surface area contributed by atoms with Crippen molar-refractivity contribution < 1.29 is 8.95 Å². The van der Waals surface area contributed by atoms with Crippen LogP contribution in [0.25, 0.3) is 0 Å². The second kappa shape index (κ2) is 7.41. The zero-order valence-corrected chi connectivity index (χ0v) is 10.4. The molecule has 1 aromatic carbocycles. The van der Waals surface area contributed by atoms with Crippen LogP contribution in [0.1, 0.15) is 13.3 Å². The predicted molar refractivity (Wildman–Crippen MR) is 68.1 cm³/mol. The van der Waals surface area contributed by atoms with Crippen LogP contribution < -0.4 is 10.5 Å². The quantitative estimate of drug-likeness (QED) is 0.737. The molecule has 0 heterocycles. The van der Waals surface area contributed by atoms with Crippen molar-refractivity contribution in [2.45, 2.75) is 18.6 Å². The monoisotopic (exact) mass is 241 g/mol. The molecule has 0 aliphatic carbocycles. The molecule has 0 bridgehead atoms. The number of benzene rings is 1. The van der Waals surface area contributed by atoms with Crippen LogP contribution in [0.5, 0.6) is 5.75 Å². The molecule has 1 aromatic rings. The molecule has 16 heavy (non-hydrogen) atoms. The molecule has 0 saturated carbocycles. The normalized spacial score (nSPS) is 14.4. The van der Waals surface area contributed by atoms with E-state index >= 15 is 0 Å². The minimum Gasteiger partial charge on any atom is -0.494 e. The summed E-state index contributed by atoms with van der Waals surface area (Å²) >= 11 is 0. The first kappa shape index (κ1) is 13.2. The molecule has 0 saturated heterocycles. The first-order valence-electron chi connectivity index (χ1n) is 5.49. The summed E-state index contributed by atoms with van der Waals surface area (Å²) in [6, 6.07) is 9.65. The van der Waals surface area contributed by atoms with Crippen LogP contribution in [0.15, 0.2) is 30.3 Å². The third-order valence-corrected chi connectivity index (χ3v) is 4.06. The summed E-state index contributed by atoms with van der Waals surface area (Å²) in [6.45, 7) is 2.99. The van der Waals surface area contributed by atoms with Gasteiger partial charge >= 0.3 is 0 Å². The van der Waals surface area contributed by atoms with E-state index in [1.165, 1.54) is 0 Å². The van der Waals surface area contributed by atoms with Crippen LogP contribution in [0, 0.1) is 0 Å². The Balaban J connectivity index is 2.15. The van der Waals surface area contributed by atoms with Gasteiger partial charge < -0.3 is 10.5 Å². The minimum atomic E-state index is -0.828. The van der Waals surface area contributed by atoms with E-state index in [9.17, 15) is 4.21 Å². The number of para-hydroxylation sites is 1. The fraction of sp³-hybridized carbons (Fsp3) is 0.500. The molecule has 0 radical (unpaired) electrons. The van der Waals surface area contributed by atoms with E-state index in [-0.39, 0.29) is 5.25 Å². The van der Waals surface area contributed by atoms with Crippen LogP contribution in [0.3, 0.4) is 0 Å². The summed E-state index contributed by atoms with van der Waals surface area (Å²) in [5, 5.41) is 0.0803. The van der Waals surface area contributed by atoms with E-state index in [1.807, 2.05) is 37.3 Å². The van der Waals surface area contributed by atoms with Gasteiger partial charge in [0.25, 0.3) is 0 Å². The van der Waals surface area contributed by atoms with Gasteiger partial charge in [0, 0.05) is 28.3 Å². The molecule has 2 N–H and O–H groups in total. The maximum absolute atomic E-state index is 11.6. The molecule has 3 nitrogen and oxygen atoms in total. The summed E-state index contributed by atoms with van der Waals surface area (Å²) in [6.07, 6.45) is 0.797. The zero-order chi connectivity index (χ0) is 11.8. The lowest BCUT2D eigenvalue weighted by molar-refractivity contribution is 0.318. The standard InChI is InChI=1S/C12H19NO2S/c1-11(10-13)16(14)9-5-8-15-12-6-3-2-4-7-12/h2-4,6-7,11H,5,8-10,13H2,1H3. The Morgan fingerprint density at radius 1 is 1.38 bits per heavy atom. The van der Waals surface area contributed by atoms with Crippen LogP contribution >= 0.6 is 0 Å². The molecule has 4 heteroatoms. The highest BCUT2D eigenvalue weighted by Crippen LogP contribution is 2.08. The van der Waals surface area contributed by atoms with Gasteiger partial charge in [-0.2, -0.15) is 0 Å². The first-order valence-corrected chi connectivity index (χ1v) is 6.87. The van der Waals surface area contributed by atoms with Crippen molar-refractivity contribution in [1.82, 2.24) is 0 Å². The summed E-state index contributed by atoms with van der Waals surface area (Å²) in [4.78, 5) is 0. The average molecular weight is 241 g/mol. The molecule has 0 aliphatic rings. The third kappa shape index (κ3) is 4.77. The van der Waals surface area contributed by atoms with E-state index in [2.05, 4.69) is 0 Å². The Hall–Kier alpha value is -0.870. The highest BCUT2D eigenvalue weighted by Gasteiger charge is 2.07. The molecular formula is C12H19NO2S. The van der Waals surface area contributed by atoms with Gasteiger partial charge in [0.1, 0.15) is 5.75 Å². The zero-order valence-electron chi connectivity index (χ0n) is 9.59. The second-order valence-corrected chi connectivity index (χ2v) is 5.62. The van der Waals surface area contributed by atoms with Crippen molar-refractivity contribution in [2.75, 3.05) is 18.9 Å². The molecule has 0 aliphatic heterocycles. The summed E-state index contributed by atoms with van der Waals surface area (Å²) in [5.74, 6) is 1.52. The lowest BCUT2D eigenvalue weighted by Gasteiger charge is -2.09. The second-order valence-electron chi connectivity index (χ2n) is 3.65. The molecular weight excluding hydrogens is 222 g/mol. The Bertz CT molecular complexity index is 316. The number of ether oxygens (including phenoxy) is 1. The van der Waals surface area contributed by atoms with Crippen LogP contribution in [0.2, 0.25) is 0 Å². The average Bonchev–Trinajstić information content (AvgIpc) is 2.34. The maximum Gasteiger partial charge on any atom is 0.119 e. The van der Waals surface area contributed by atoms with E-state index in [1.54, 1.807) is 0 Å². The summed E-state index contributed by atoms with van der Waals surface area (Å²) in [5.41, 5.74) is 5.44. The van der Waals surface area contributed by atoms with Crippen molar-refractivity contribution in [3.8, 4) is 5.75 Å². The predicted octanol–water partition coefficient (Wildman–Crippen LogP) is 1.55. The van der Waals surface area contributed by atoms with Gasteiger partial charge in [-0.05, 0) is 25.5 Å². The first-order chi connectivity index (χ1) is 7.74. The van der Waals surface area contributed by atoms with Gasteiger partial charge in [0.2, 0.25) is 0 Å². The van der Waals surface area contributed by atoms with Crippen molar-refractivity contribution in [3.05, 3.63) is 30.3 Å². The third-order valence-electron chi connectivity index (χ3n) is 2.28. The number of hydrogen-bond donors (Lipinski definition) is 1. The lowest BCUT2D eigenvalue weighted by Crippen LogP contribution is -2.24. The van der Waals surface area contributed by atoms with E-state index in [4.69, 9.17) is 10.5 Å². The van der Waals surface area contributed by atoms with Gasteiger partial charge in [0.15, 0.2) is 0 Å². The molecule has 1 rings (SSSR count). The Labute approximate surface area is 99.4 Å². The highest BCUT2D eigenvalue weighted by atomic mass is 32.2. The van der Waals surface area contributed by atoms with Gasteiger partial charge in [0.05, 0.1) is 6.61 Å². The molecule has 0 spiro atoms. The smallest absolute Gasteiger partial charge is 0.119 e. The Morgan fingerprint density at radius 2 is 2.06 bits per heavy atom. The van der Waals surface area contributed by atoms with Crippen molar-refractivity contribution in [3.63, 3.8) is 0 Å². The highest BCUT2D eigenvalue weighted by molar-refractivity contribution is 7.85. The molecule has 2 atom stereocenters. The lowest BCUT2D eigenvalue weighted by atomic mass is 10.3. The van der Waals surface area contributed by atoms with Gasteiger partial charge in [-0.15, -0.1) is 0 Å². The van der Waals surface area contributed by atoms with Crippen LogP contribution in [0.4, 0.5) is 0 Å². The summed E-state index contributed by atoms with van der Waals surface area (Å²) < 4.78 is 17.1. The van der Waals surface area contributed by atoms with Gasteiger partial charge in [-0.25, -0.2) is 0 Å². The largest absolute Gasteiger partial charge is 0.494 e. The van der Waals surface area contributed by atoms with Gasteiger partial charge in [-0.3, -0.25) is 4.21 Å². The number of nitrogens with two attached hydrogens (primary N) is 1. The SMILES string of the molecule is CC(CN)S(=O)CCCOc1ccccc1. The Morgan fingerprint density at radius 3 is 2.69 bits per heavy atom. The molecule has 0 amide bonds. The van der Waals surface area contributed by atoms with Crippen molar-refractivity contribution in [1.29, 1.82) is 0 Å². The number of rotatable bonds is 7. The van der Waals surface area contributed by atoms with Crippen LogP contribution in [-0.4, -0.2) is 28.4 Å². The molecule has 0 fully saturated rings. The molecule has 0 aromatic heterocycles. The number of hydrogen-bond acceptors (Lipinski definition) is 3. The fourth-order valence-corrected chi connectivity index (χ4v) is 2.24. The van der Waals surface area contributed by atoms with Crippen LogP contribution in [-0.2, 0) is 10.8 Å². The van der Waals surface area contributed by atoms with E-state index < -0.39 is 10.8 Å². The summed E-state index contributed by atoms with van der Waals surface area (Å²) in [7, 11) is -0.828. The van der Waals surface area contributed by atoms with E-state index in [0.29, 0.717) is 18.9 Å².